The molecule has 0 radical (unpaired) electrons. The van der Waals surface area contributed by atoms with E-state index in [1.54, 1.807) is 6.20 Å². The summed E-state index contributed by atoms with van der Waals surface area (Å²) in [4.78, 5) is 3.93. The molecule has 0 saturated carbocycles. The van der Waals surface area contributed by atoms with E-state index in [0.717, 1.165) is 5.69 Å². The molecule has 1 heterocycles. The van der Waals surface area contributed by atoms with E-state index < -0.39 is 11.6 Å². The number of nitrogens with two attached hydrogens (primary N) is 1. The average Bonchev–Trinajstić information content (AvgIpc) is 2.72. The maximum absolute atomic E-state index is 13.8. The molecule has 1 aromatic heterocycles. The predicted octanol–water partition coefficient (Wildman–Crippen LogP) is 1.96. The average molecular weight is 237 g/mol. The van der Waals surface area contributed by atoms with E-state index in [1.165, 1.54) is 30.0 Å². The third-order valence-electron chi connectivity index (χ3n) is 2.60. The summed E-state index contributed by atoms with van der Waals surface area (Å²) in [5.41, 5.74) is 6.65. The second-order valence-electron chi connectivity index (χ2n) is 3.85. The zero-order valence-corrected chi connectivity index (χ0v) is 9.45. The van der Waals surface area contributed by atoms with Gasteiger partial charge < -0.3 is 10.3 Å². The minimum absolute atomic E-state index is 0.161. The lowest BCUT2D eigenvalue weighted by Crippen LogP contribution is -2.08. The quantitative estimate of drug-likeness (QED) is 0.886. The van der Waals surface area contributed by atoms with E-state index in [1.807, 2.05) is 0 Å². The molecule has 0 amide bonds. The summed E-state index contributed by atoms with van der Waals surface area (Å²) in [5.74, 6) is -0.908. The molecule has 2 aromatic rings. The highest BCUT2D eigenvalue weighted by molar-refractivity contribution is 5.38. The van der Waals surface area contributed by atoms with E-state index in [2.05, 4.69) is 4.98 Å². The van der Waals surface area contributed by atoms with Crippen molar-refractivity contribution in [2.24, 2.45) is 5.73 Å². The van der Waals surface area contributed by atoms with Crippen LogP contribution in [-0.4, -0.2) is 16.1 Å². The monoisotopic (exact) mass is 237 g/mol. The first-order valence-electron chi connectivity index (χ1n) is 5.30. The van der Waals surface area contributed by atoms with Crippen LogP contribution in [0, 0.1) is 18.6 Å². The van der Waals surface area contributed by atoms with Crippen molar-refractivity contribution in [1.82, 2.24) is 9.55 Å². The van der Waals surface area contributed by atoms with Crippen molar-refractivity contribution in [2.45, 2.75) is 13.3 Å². The van der Waals surface area contributed by atoms with Crippen LogP contribution in [0.5, 0.6) is 0 Å². The number of benzene rings is 1. The summed E-state index contributed by atoms with van der Waals surface area (Å²) in [7, 11) is 0. The molecule has 0 aliphatic heterocycles. The van der Waals surface area contributed by atoms with Crippen LogP contribution in [-0.2, 0) is 6.42 Å². The van der Waals surface area contributed by atoms with Crippen LogP contribution in [0.2, 0.25) is 0 Å². The van der Waals surface area contributed by atoms with Crippen molar-refractivity contribution in [3.05, 3.63) is 47.5 Å². The number of nitrogens with zero attached hydrogens (tertiary/aromatic N) is 2. The normalized spacial score (nSPS) is 10.8. The van der Waals surface area contributed by atoms with Crippen LogP contribution in [0.15, 0.2) is 24.7 Å². The Morgan fingerprint density at radius 1 is 1.29 bits per heavy atom. The molecule has 0 spiro atoms. The lowest BCUT2D eigenvalue weighted by Gasteiger charge is -2.09. The first-order chi connectivity index (χ1) is 8.13. The maximum atomic E-state index is 13.8. The lowest BCUT2D eigenvalue weighted by molar-refractivity contribution is 0.583. The van der Waals surface area contributed by atoms with Gasteiger partial charge in [-0.3, -0.25) is 0 Å². The van der Waals surface area contributed by atoms with Crippen LogP contribution in [0.3, 0.4) is 0 Å². The minimum Gasteiger partial charge on any atom is -0.330 e. The van der Waals surface area contributed by atoms with Crippen LogP contribution in [0.4, 0.5) is 8.78 Å². The summed E-state index contributed by atoms with van der Waals surface area (Å²) in [6.07, 6.45) is 3.62. The van der Waals surface area contributed by atoms with E-state index in [-0.39, 0.29) is 11.3 Å². The fourth-order valence-corrected chi connectivity index (χ4v) is 1.69. The topological polar surface area (TPSA) is 43.8 Å². The molecule has 0 saturated heterocycles. The van der Waals surface area contributed by atoms with Crippen LogP contribution in [0.1, 0.15) is 11.3 Å². The standard InChI is InChI=1S/C12H13F2N3/c1-8-4-11(14)12(5-10(8)13)17-7-16-6-9(17)2-3-15/h4-7H,2-3,15H2,1H3. The van der Waals surface area contributed by atoms with Gasteiger partial charge in [0.2, 0.25) is 0 Å². The first-order valence-corrected chi connectivity index (χ1v) is 5.30. The number of aromatic nitrogens is 2. The lowest BCUT2D eigenvalue weighted by atomic mass is 10.2. The molecule has 1 aromatic carbocycles. The number of rotatable bonds is 3. The van der Waals surface area contributed by atoms with Crippen molar-refractivity contribution < 1.29 is 8.78 Å². The number of hydrogen-bond donors (Lipinski definition) is 1. The largest absolute Gasteiger partial charge is 0.330 e. The van der Waals surface area contributed by atoms with Gasteiger partial charge in [0.1, 0.15) is 11.6 Å². The number of halogens is 2. The van der Waals surface area contributed by atoms with E-state index in [9.17, 15) is 8.78 Å². The van der Waals surface area contributed by atoms with Gasteiger partial charge in [0.25, 0.3) is 0 Å². The van der Waals surface area contributed by atoms with Crippen molar-refractivity contribution in [2.75, 3.05) is 6.54 Å². The molecule has 3 nitrogen and oxygen atoms in total. The molecule has 0 atom stereocenters. The molecule has 0 unspecified atom stereocenters. The molecule has 2 rings (SSSR count). The van der Waals surface area contributed by atoms with Gasteiger partial charge in [0.05, 0.1) is 12.0 Å². The summed E-state index contributed by atoms with van der Waals surface area (Å²) < 4.78 is 28.7. The third-order valence-corrected chi connectivity index (χ3v) is 2.60. The van der Waals surface area contributed by atoms with E-state index in [4.69, 9.17) is 5.73 Å². The van der Waals surface area contributed by atoms with E-state index in [0.29, 0.717) is 13.0 Å². The van der Waals surface area contributed by atoms with Crippen molar-refractivity contribution >= 4 is 0 Å². The van der Waals surface area contributed by atoms with Gasteiger partial charge in [-0.15, -0.1) is 0 Å². The van der Waals surface area contributed by atoms with Gasteiger partial charge in [0, 0.05) is 24.4 Å². The maximum Gasteiger partial charge on any atom is 0.147 e. The fourth-order valence-electron chi connectivity index (χ4n) is 1.69. The van der Waals surface area contributed by atoms with Crippen molar-refractivity contribution in [3.8, 4) is 5.69 Å². The van der Waals surface area contributed by atoms with E-state index >= 15 is 0 Å². The van der Waals surface area contributed by atoms with Crippen LogP contribution >= 0.6 is 0 Å². The molecular formula is C12H13F2N3. The second kappa shape index (κ2) is 4.63. The molecule has 0 fully saturated rings. The fraction of sp³-hybridized carbons (Fsp3) is 0.250. The minimum atomic E-state index is -0.472. The molecule has 0 aliphatic rings. The highest BCUT2D eigenvalue weighted by Gasteiger charge is 2.11. The van der Waals surface area contributed by atoms with Crippen molar-refractivity contribution in [1.29, 1.82) is 0 Å². The zero-order valence-electron chi connectivity index (χ0n) is 9.45. The third kappa shape index (κ3) is 2.19. The summed E-state index contributed by atoms with van der Waals surface area (Å²) >= 11 is 0. The van der Waals surface area contributed by atoms with Gasteiger partial charge in [-0.05, 0) is 25.1 Å². The number of hydrogen-bond acceptors (Lipinski definition) is 2. The summed E-state index contributed by atoms with van der Waals surface area (Å²) in [6.45, 7) is 1.96. The Hall–Kier alpha value is -1.75. The number of aryl methyl sites for hydroxylation is 1. The molecule has 2 N–H and O–H groups in total. The SMILES string of the molecule is Cc1cc(F)c(-n2cncc2CCN)cc1F. The number of imidazole rings is 1. The Kier molecular flexibility index (Phi) is 3.19. The molecule has 17 heavy (non-hydrogen) atoms. The summed E-state index contributed by atoms with van der Waals surface area (Å²) in [5, 5.41) is 0. The van der Waals surface area contributed by atoms with Crippen molar-refractivity contribution in [3.63, 3.8) is 0 Å². The van der Waals surface area contributed by atoms with Gasteiger partial charge in [-0.1, -0.05) is 0 Å². The highest BCUT2D eigenvalue weighted by atomic mass is 19.1. The Labute approximate surface area is 97.9 Å². The molecule has 0 aliphatic carbocycles. The summed E-state index contributed by atoms with van der Waals surface area (Å²) in [6, 6.07) is 2.35. The second-order valence-corrected chi connectivity index (χ2v) is 3.85. The Morgan fingerprint density at radius 2 is 2.06 bits per heavy atom. The molecular weight excluding hydrogens is 224 g/mol. The van der Waals surface area contributed by atoms with Gasteiger partial charge >= 0.3 is 0 Å². The van der Waals surface area contributed by atoms with Crippen LogP contribution in [0.25, 0.3) is 5.69 Å². The molecule has 0 bridgehead atoms. The zero-order chi connectivity index (χ0) is 12.4. The van der Waals surface area contributed by atoms with Gasteiger partial charge in [0.15, 0.2) is 0 Å². The highest BCUT2D eigenvalue weighted by Crippen LogP contribution is 2.19. The smallest absolute Gasteiger partial charge is 0.147 e. The Balaban J connectivity index is 2.52. The Morgan fingerprint density at radius 3 is 2.76 bits per heavy atom. The molecule has 5 heteroatoms. The van der Waals surface area contributed by atoms with Gasteiger partial charge in [-0.25, -0.2) is 13.8 Å². The predicted molar refractivity (Wildman–Crippen MR) is 61.0 cm³/mol. The first kappa shape index (κ1) is 11.7. The molecule has 90 valence electrons. The van der Waals surface area contributed by atoms with Gasteiger partial charge in [-0.2, -0.15) is 0 Å². The Bertz CT molecular complexity index is 535. The van der Waals surface area contributed by atoms with Crippen LogP contribution < -0.4 is 5.73 Å².